The summed E-state index contributed by atoms with van der Waals surface area (Å²) < 4.78 is 39.0. The van der Waals surface area contributed by atoms with E-state index in [-0.39, 0.29) is 16.3 Å². The zero-order chi connectivity index (χ0) is 20.6. The second-order valence-corrected chi connectivity index (χ2v) is 6.12. The number of alkyl halides is 3. The Morgan fingerprint density at radius 1 is 1.07 bits per heavy atom. The van der Waals surface area contributed by atoms with Crippen molar-refractivity contribution in [3.05, 3.63) is 64.2 Å². The van der Waals surface area contributed by atoms with Crippen molar-refractivity contribution in [3.63, 3.8) is 0 Å². The number of benzene rings is 2. The molecular formula is C18H10ClF3N2O4. The average Bonchev–Trinajstić information content (AvgIpc) is 2.59. The number of amides is 4. The van der Waals surface area contributed by atoms with Crippen LogP contribution < -0.4 is 10.2 Å². The minimum absolute atomic E-state index is 0.133. The van der Waals surface area contributed by atoms with Crippen LogP contribution in [-0.4, -0.2) is 23.0 Å². The van der Waals surface area contributed by atoms with Crippen molar-refractivity contribution in [1.29, 1.82) is 0 Å². The predicted molar refractivity (Wildman–Crippen MR) is 93.6 cm³/mol. The lowest BCUT2D eigenvalue weighted by molar-refractivity contribution is -0.137. The molecule has 3 rings (SSSR count). The number of carbonyl (C=O) groups excluding carboxylic acids is 3. The van der Waals surface area contributed by atoms with E-state index < -0.39 is 40.8 Å². The van der Waals surface area contributed by atoms with Crippen LogP contribution in [0, 0.1) is 0 Å². The molecule has 28 heavy (non-hydrogen) atoms. The van der Waals surface area contributed by atoms with E-state index >= 15 is 0 Å². The fraction of sp³-hybridized carbons (Fsp3) is 0.0556. The maximum absolute atomic E-state index is 13.0. The Kier molecular flexibility index (Phi) is 4.86. The van der Waals surface area contributed by atoms with Gasteiger partial charge in [-0.3, -0.25) is 14.9 Å². The van der Waals surface area contributed by atoms with Gasteiger partial charge in [-0.05, 0) is 42.0 Å². The number of hydrogen-bond donors (Lipinski definition) is 2. The second-order valence-electron chi connectivity index (χ2n) is 5.72. The third kappa shape index (κ3) is 3.70. The molecule has 2 N–H and O–H groups in total. The molecule has 1 saturated heterocycles. The predicted octanol–water partition coefficient (Wildman–Crippen LogP) is 3.73. The Balaban J connectivity index is 2.08. The molecule has 0 unspecified atom stereocenters. The molecule has 0 saturated carbocycles. The van der Waals surface area contributed by atoms with Crippen molar-refractivity contribution in [1.82, 2.24) is 5.32 Å². The number of hydrogen-bond acceptors (Lipinski definition) is 4. The van der Waals surface area contributed by atoms with E-state index in [1.807, 2.05) is 5.32 Å². The monoisotopic (exact) mass is 410 g/mol. The molecule has 1 aliphatic heterocycles. The third-order valence-electron chi connectivity index (χ3n) is 3.80. The molecule has 1 aliphatic rings. The highest BCUT2D eigenvalue weighted by molar-refractivity contribution is 6.42. The standard InChI is InChI=1S/C18H10ClF3N2O4/c19-13-5-4-10(18(20,21)22)8-14(13)24-16(27)12(15(26)23-17(24)28)7-9-2-1-3-11(25)6-9/h1-8,25H,(H,23,26,28)/b12-7+. The molecule has 4 amide bonds. The Bertz CT molecular complexity index is 1030. The molecule has 0 radical (unpaired) electrons. The fourth-order valence-corrected chi connectivity index (χ4v) is 2.72. The zero-order valence-corrected chi connectivity index (χ0v) is 14.5. The Labute approximate surface area is 160 Å². The number of phenols is 1. The van der Waals surface area contributed by atoms with Crippen LogP contribution in [0.15, 0.2) is 48.0 Å². The van der Waals surface area contributed by atoms with Crippen LogP contribution in [0.3, 0.4) is 0 Å². The number of phenolic OH excluding ortho intramolecular Hbond substituents is 1. The number of nitrogens with zero attached hydrogens (tertiary/aromatic N) is 1. The van der Waals surface area contributed by atoms with Gasteiger partial charge in [-0.2, -0.15) is 13.2 Å². The summed E-state index contributed by atoms with van der Waals surface area (Å²) in [7, 11) is 0. The maximum atomic E-state index is 13.0. The lowest BCUT2D eigenvalue weighted by atomic mass is 10.1. The van der Waals surface area contributed by atoms with Crippen molar-refractivity contribution >= 4 is 41.2 Å². The van der Waals surface area contributed by atoms with E-state index in [1.54, 1.807) is 0 Å². The smallest absolute Gasteiger partial charge is 0.416 e. The summed E-state index contributed by atoms with van der Waals surface area (Å²) in [6, 6.07) is 6.47. The van der Waals surface area contributed by atoms with E-state index in [9.17, 15) is 32.7 Å². The normalized spacial score (nSPS) is 16.5. The van der Waals surface area contributed by atoms with E-state index in [2.05, 4.69) is 0 Å². The lowest BCUT2D eigenvalue weighted by Gasteiger charge is -2.27. The largest absolute Gasteiger partial charge is 0.508 e. The first kappa shape index (κ1) is 19.4. The van der Waals surface area contributed by atoms with Crippen LogP contribution in [0.1, 0.15) is 11.1 Å². The molecule has 10 heteroatoms. The molecule has 0 spiro atoms. The molecule has 1 fully saturated rings. The number of urea groups is 1. The molecule has 0 atom stereocenters. The number of carbonyl (C=O) groups is 3. The third-order valence-corrected chi connectivity index (χ3v) is 4.12. The van der Waals surface area contributed by atoms with Crippen LogP contribution >= 0.6 is 11.6 Å². The minimum atomic E-state index is -4.73. The molecular weight excluding hydrogens is 401 g/mol. The summed E-state index contributed by atoms with van der Waals surface area (Å²) in [6.07, 6.45) is -3.64. The van der Waals surface area contributed by atoms with E-state index in [0.29, 0.717) is 17.0 Å². The quantitative estimate of drug-likeness (QED) is 0.583. The van der Waals surface area contributed by atoms with Crippen molar-refractivity contribution in [2.24, 2.45) is 0 Å². The van der Waals surface area contributed by atoms with Gasteiger partial charge in [0.05, 0.1) is 16.3 Å². The first-order valence-electron chi connectivity index (χ1n) is 7.65. The molecule has 0 aliphatic carbocycles. The highest BCUT2D eigenvalue weighted by atomic mass is 35.5. The molecule has 2 aromatic rings. The van der Waals surface area contributed by atoms with Crippen LogP contribution in [0.2, 0.25) is 5.02 Å². The van der Waals surface area contributed by atoms with Gasteiger partial charge in [-0.1, -0.05) is 23.7 Å². The van der Waals surface area contributed by atoms with Gasteiger partial charge in [0.15, 0.2) is 0 Å². The summed E-state index contributed by atoms with van der Waals surface area (Å²) in [5.74, 6) is -2.32. The number of anilines is 1. The molecule has 144 valence electrons. The Hall–Kier alpha value is -3.33. The van der Waals surface area contributed by atoms with E-state index in [1.165, 1.54) is 24.3 Å². The van der Waals surface area contributed by atoms with Crippen molar-refractivity contribution in [3.8, 4) is 5.75 Å². The van der Waals surface area contributed by atoms with Crippen molar-refractivity contribution < 1.29 is 32.7 Å². The topological polar surface area (TPSA) is 86.7 Å². The van der Waals surface area contributed by atoms with Gasteiger partial charge >= 0.3 is 12.2 Å². The van der Waals surface area contributed by atoms with Gasteiger partial charge in [0.2, 0.25) is 0 Å². The number of halogens is 4. The number of imide groups is 2. The summed E-state index contributed by atoms with van der Waals surface area (Å²) in [4.78, 5) is 37.3. The number of nitrogens with one attached hydrogen (secondary N) is 1. The van der Waals surface area contributed by atoms with Gasteiger partial charge in [-0.25, -0.2) is 9.69 Å². The number of barbiturate groups is 1. The molecule has 0 bridgehead atoms. The van der Waals surface area contributed by atoms with Gasteiger partial charge in [0, 0.05) is 0 Å². The van der Waals surface area contributed by atoms with Crippen molar-refractivity contribution in [2.75, 3.05) is 4.90 Å². The summed E-state index contributed by atoms with van der Waals surface area (Å²) in [5, 5.41) is 11.1. The van der Waals surface area contributed by atoms with E-state index in [0.717, 1.165) is 12.1 Å². The Morgan fingerprint density at radius 3 is 2.43 bits per heavy atom. The molecule has 0 aromatic heterocycles. The summed E-state index contributed by atoms with van der Waals surface area (Å²) in [5.41, 5.74) is -1.89. The van der Waals surface area contributed by atoms with Gasteiger partial charge in [0.25, 0.3) is 11.8 Å². The molecule has 6 nitrogen and oxygen atoms in total. The van der Waals surface area contributed by atoms with E-state index in [4.69, 9.17) is 11.6 Å². The second kappa shape index (κ2) is 7.01. The molecule has 2 aromatic carbocycles. The highest BCUT2D eigenvalue weighted by Gasteiger charge is 2.39. The fourth-order valence-electron chi connectivity index (χ4n) is 2.52. The lowest BCUT2D eigenvalue weighted by Crippen LogP contribution is -2.54. The van der Waals surface area contributed by atoms with Crippen LogP contribution in [0.4, 0.5) is 23.7 Å². The molecule has 1 heterocycles. The highest BCUT2D eigenvalue weighted by Crippen LogP contribution is 2.36. The number of rotatable bonds is 2. The van der Waals surface area contributed by atoms with Crippen LogP contribution in [0.25, 0.3) is 6.08 Å². The summed E-state index contributed by atoms with van der Waals surface area (Å²) in [6.45, 7) is 0. The van der Waals surface area contributed by atoms with Gasteiger partial charge < -0.3 is 5.11 Å². The SMILES string of the molecule is O=C1NC(=O)N(c2cc(C(F)(F)F)ccc2Cl)C(=O)/C1=C/c1cccc(O)c1. The average molecular weight is 411 g/mol. The van der Waals surface area contributed by atoms with Crippen molar-refractivity contribution in [2.45, 2.75) is 6.18 Å². The summed E-state index contributed by atoms with van der Waals surface area (Å²) >= 11 is 5.90. The Morgan fingerprint density at radius 2 is 1.79 bits per heavy atom. The first-order chi connectivity index (χ1) is 13.1. The van der Waals surface area contributed by atoms with Crippen LogP contribution in [-0.2, 0) is 15.8 Å². The number of aromatic hydroxyl groups is 1. The maximum Gasteiger partial charge on any atom is 0.416 e. The first-order valence-corrected chi connectivity index (χ1v) is 8.03. The van der Waals surface area contributed by atoms with Crippen LogP contribution in [0.5, 0.6) is 5.75 Å². The van der Waals surface area contributed by atoms with Gasteiger partial charge in [0.1, 0.15) is 11.3 Å². The van der Waals surface area contributed by atoms with Gasteiger partial charge in [-0.15, -0.1) is 0 Å². The minimum Gasteiger partial charge on any atom is -0.508 e. The zero-order valence-electron chi connectivity index (χ0n) is 13.7.